The molecule has 4 aromatic rings. The third-order valence-electron chi connectivity index (χ3n) is 6.55. The van der Waals surface area contributed by atoms with E-state index in [0.717, 1.165) is 36.6 Å². The van der Waals surface area contributed by atoms with Crippen LogP contribution in [0.4, 0.5) is 34.4 Å². The third-order valence-corrected chi connectivity index (χ3v) is 6.55. The minimum atomic E-state index is -0.515. The topological polar surface area (TPSA) is 214 Å². The zero-order valence-electron chi connectivity index (χ0n) is 27.1. The van der Waals surface area contributed by atoms with Crippen LogP contribution in [0, 0.1) is 32.1 Å². The summed E-state index contributed by atoms with van der Waals surface area (Å²) in [6.07, 6.45) is 3.94. The molecule has 2 heterocycles. The second-order valence-corrected chi connectivity index (χ2v) is 10.1. The quantitative estimate of drug-likeness (QED) is 0.0348. The van der Waals surface area contributed by atoms with E-state index in [1.165, 1.54) is 24.3 Å². The first-order valence-corrected chi connectivity index (χ1v) is 14.9. The maximum atomic E-state index is 10.6. The van der Waals surface area contributed by atoms with Crippen molar-refractivity contribution in [3.05, 3.63) is 128 Å². The molecule has 2 aromatic carbocycles. The van der Waals surface area contributed by atoms with E-state index in [-0.39, 0.29) is 51.3 Å². The molecule has 0 bridgehead atoms. The molecule has 16 nitrogen and oxygen atoms in total. The van der Waals surface area contributed by atoms with Gasteiger partial charge in [0.05, 0.1) is 21.2 Å². The molecule has 17 heteroatoms. The van der Waals surface area contributed by atoms with Gasteiger partial charge >= 0.3 is 16.5 Å². The molecule has 0 aliphatic carbocycles. The number of benzene rings is 2. The zero-order chi connectivity index (χ0) is 34.7. The van der Waals surface area contributed by atoms with E-state index in [1.807, 2.05) is 88.4 Å². The normalized spacial score (nSPS) is 12.7. The van der Waals surface area contributed by atoms with Crippen molar-refractivity contribution in [2.75, 3.05) is 0 Å². The van der Waals surface area contributed by atoms with Crippen LogP contribution in [-0.2, 0) is 16.5 Å². The number of nitrogens with zero attached hydrogens (tertiary/aromatic N) is 12. The Morgan fingerprint density at radius 2 is 1.02 bits per heavy atom. The molecule has 0 aliphatic heterocycles. The average Bonchev–Trinajstić information content (AvgIpc) is 3.12. The summed E-state index contributed by atoms with van der Waals surface area (Å²) in [5.41, 5.74) is 9.24. The molecule has 0 fully saturated rings. The summed E-state index contributed by atoms with van der Waals surface area (Å²) < 4.78 is 0. The van der Waals surface area contributed by atoms with Gasteiger partial charge in [0.25, 0.3) is 11.4 Å². The fourth-order valence-electron chi connectivity index (χ4n) is 3.30. The predicted octanol–water partition coefficient (Wildman–Crippen LogP) is 10.3. The summed E-state index contributed by atoms with van der Waals surface area (Å²) in [4.78, 5) is 28.0. The van der Waals surface area contributed by atoms with Gasteiger partial charge in [0, 0.05) is 36.4 Å². The minimum absolute atomic E-state index is 0. The first kappa shape index (κ1) is 39.4. The SMILES string of the molecule is CCC(C)/C(N=Nc1ccccc1)=N\[N-]c1ccc([N+](=O)[O-])cn1.CCC(C)/C(N=Nc1ccccc1)=N\[N-]c1ccc([N+](=O)[O-])cn1.[Ni+2]. The number of rotatable bonds is 12. The van der Waals surface area contributed by atoms with E-state index in [0.29, 0.717) is 11.7 Å². The van der Waals surface area contributed by atoms with E-state index < -0.39 is 9.85 Å². The molecule has 0 spiro atoms. The number of azo groups is 2. The second-order valence-electron chi connectivity index (χ2n) is 10.1. The molecule has 49 heavy (non-hydrogen) atoms. The molecule has 0 radical (unpaired) electrons. The Morgan fingerprint density at radius 3 is 1.31 bits per heavy atom. The maximum absolute atomic E-state index is 10.6. The molecule has 256 valence electrons. The van der Waals surface area contributed by atoms with Crippen molar-refractivity contribution >= 4 is 46.1 Å². The summed E-state index contributed by atoms with van der Waals surface area (Å²) in [5, 5.41) is 46.1. The van der Waals surface area contributed by atoms with Crippen molar-refractivity contribution in [2.24, 2.45) is 42.5 Å². The molecule has 0 saturated carbocycles. The van der Waals surface area contributed by atoms with E-state index >= 15 is 0 Å². The first-order chi connectivity index (χ1) is 23.2. The molecule has 4 rings (SSSR count). The van der Waals surface area contributed by atoms with Crippen LogP contribution in [0.15, 0.2) is 128 Å². The standard InChI is InChI=1S/2C16H17N6O2.Ni/c2*1-3-12(2)16(20-18-13-7-5-4-6-8-13)21-19-15-10-9-14(11-17-15)22(23)24;/h2*4-12H,3H2,1-2H3;/q2*-1;+2/b2*20-18?,21-16+;. The van der Waals surface area contributed by atoms with Gasteiger partial charge in [-0.2, -0.15) is 0 Å². The first-order valence-electron chi connectivity index (χ1n) is 14.9. The Morgan fingerprint density at radius 1 is 0.653 bits per heavy atom. The van der Waals surface area contributed by atoms with Gasteiger partial charge in [0.2, 0.25) is 0 Å². The van der Waals surface area contributed by atoms with E-state index in [1.54, 1.807) is 0 Å². The average molecular weight is 709 g/mol. The molecular weight excluding hydrogens is 675 g/mol. The zero-order valence-corrected chi connectivity index (χ0v) is 28.1. The van der Waals surface area contributed by atoms with Crippen LogP contribution in [0.3, 0.4) is 0 Å². The molecule has 0 saturated heterocycles. The Hall–Kier alpha value is -5.83. The second kappa shape index (κ2) is 21.1. The summed E-state index contributed by atoms with van der Waals surface area (Å²) >= 11 is 0. The van der Waals surface area contributed by atoms with Crippen molar-refractivity contribution in [3.63, 3.8) is 0 Å². The number of aromatic nitrogens is 2. The van der Waals surface area contributed by atoms with Crippen LogP contribution < -0.4 is 0 Å². The van der Waals surface area contributed by atoms with Crippen molar-refractivity contribution in [1.82, 2.24) is 9.97 Å². The summed E-state index contributed by atoms with van der Waals surface area (Å²) in [7, 11) is 0. The van der Waals surface area contributed by atoms with Crippen molar-refractivity contribution in [2.45, 2.75) is 40.5 Å². The van der Waals surface area contributed by atoms with Crippen LogP contribution in [0.5, 0.6) is 0 Å². The molecule has 2 atom stereocenters. The summed E-state index contributed by atoms with van der Waals surface area (Å²) in [6.45, 7) is 7.98. The van der Waals surface area contributed by atoms with Crippen LogP contribution in [0.2, 0.25) is 0 Å². The van der Waals surface area contributed by atoms with Crippen molar-refractivity contribution < 1.29 is 26.3 Å². The van der Waals surface area contributed by atoms with Crippen LogP contribution in [0.1, 0.15) is 40.5 Å². The largest absolute Gasteiger partial charge is 2.00 e. The van der Waals surface area contributed by atoms with Crippen molar-refractivity contribution in [1.29, 1.82) is 0 Å². The van der Waals surface area contributed by atoms with Gasteiger partial charge in [-0.25, -0.2) is 10.2 Å². The number of hydrogen-bond acceptors (Lipinski definition) is 10. The van der Waals surface area contributed by atoms with Crippen LogP contribution in [-0.4, -0.2) is 31.5 Å². The van der Waals surface area contributed by atoms with E-state index in [9.17, 15) is 20.2 Å². The Kier molecular flexibility index (Phi) is 17.0. The molecule has 0 amide bonds. The smallest absolute Gasteiger partial charge is 0.436 e. The van der Waals surface area contributed by atoms with Gasteiger partial charge in [-0.15, -0.1) is 20.5 Å². The van der Waals surface area contributed by atoms with Gasteiger partial charge in [-0.3, -0.25) is 20.2 Å². The monoisotopic (exact) mass is 708 g/mol. The Labute approximate surface area is 293 Å². The van der Waals surface area contributed by atoms with Gasteiger partial charge in [-0.1, -0.05) is 76.2 Å². The number of nitro groups is 2. The molecular formula is C32H34N12NiO4. The van der Waals surface area contributed by atoms with E-state index in [4.69, 9.17) is 0 Å². The fourth-order valence-corrected chi connectivity index (χ4v) is 3.30. The van der Waals surface area contributed by atoms with Gasteiger partial charge in [0.15, 0.2) is 11.7 Å². The molecule has 2 aromatic heterocycles. The molecule has 0 aliphatic rings. The fraction of sp³-hybridized carbons (Fsp3) is 0.250. The van der Waals surface area contributed by atoms with Crippen LogP contribution >= 0.6 is 0 Å². The number of pyridine rings is 2. The summed E-state index contributed by atoms with van der Waals surface area (Å²) in [5.74, 6) is 1.63. The Balaban J connectivity index is 0.000000333. The van der Waals surface area contributed by atoms with Gasteiger partial charge < -0.3 is 20.8 Å². The third kappa shape index (κ3) is 13.8. The molecule has 2 unspecified atom stereocenters. The number of amidine groups is 2. The van der Waals surface area contributed by atoms with E-state index in [2.05, 4.69) is 51.5 Å². The minimum Gasteiger partial charge on any atom is -0.436 e. The van der Waals surface area contributed by atoms with Crippen LogP contribution in [0.25, 0.3) is 10.9 Å². The number of hydrogen-bond donors (Lipinski definition) is 0. The van der Waals surface area contributed by atoms with Crippen molar-refractivity contribution in [3.8, 4) is 0 Å². The summed E-state index contributed by atoms with van der Waals surface area (Å²) in [6, 6.07) is 24.2. The Bertz CT molecular complexity index is 1590. The van der Waals surface area contributed by atoms with Gasteiger partial charge in [0.1, 0.15) is 0 Å². The van der Waals surface area contributed by atoms with Gasteiger partial charge in [-0.05, 0) is 48.7 Å². The maximum Gasteiger partial charge on any atom is 2.00 e. The predicted molar refractivity (Wildman–Crippen MR) is 184 cm³/mol. The molecule has 0 N–H and O–H groups in total.